The lowest BCUT2D eigenvalue weighted by Crippen LogP contribution is -2.29. The number of nitrogens with one attached hydrogen (secondary N) is 1. The van der Waals surface area contributed by atoms with Crippen LogP contribution in [-0.4, -0.2) is 24.5 Å². The molecule has 4 aromatic rings. The van der Waals surface area contributed by atoms with Crippen LogP contribution in [0.15, 0.2) is 83.9 Å². The molecule has 0 spiro atoms. The van der Waals surface area contributed by atoms with Crippen molar-refractivity contribution in [3.63, 3.8) is 0 Å². The Balaban J connectivity index is 1.60. The molecular formula is C23H21N5OS. The Morgan fingerprint density at radius 1 is 1.07 bits per heavy atom. The van der Waals surface area contributed by atoms with Gasteiger partial charge in [-0.15, -0.1) is 0 Å². The van der Waals surface area contributed by atoms with Crippen molar-refractivity contribution in [2.45, 2.75) is 25.6 Å². The fourth-order valence-corrected chi connectivity index (χ4v) is 4.22. The van der Waals surface area contributed by atoms with Gasteiger partial charge in [0.1, 0.15) is 11.6 Å². The summed E-state index contributed by atoms with van der Waals surface area (Å²) in [5, 5.41) is 4.16. The minimum atomic E-state index is -0.0900. The minimum Gasteiger partial charge on any atom is -0.467 e. The van der Waals surface area contributed by atoms with E-state index in [2.05, 4.69) is 36.9 Å². The molecule has 0 saturated carbocycles. The van der Waals surface area contributed by atoms with Crippen molar-refractivity contribution < 1.29 is 4.42 Å². The summed E-state index contributed by atoms with van der Waals surface area (Å²) in [6.07, 6.45) is 7.42. The third-order valence-corrected chi connectivity index (χ3v) is 5.68. The predicted molar refractivity (Wildman–Crippen MR) is 118 cm³/mol. The van der Waals surface area contributed by atoms with Gasteiger partial charge in [-0.05, 0) is 67.2 Å². The van der Waals surface area contributed by atoms with Crippen LogP contribution in [0.1, 0.15) is 34.8 Å². The summed E-state index contributed by atoms with van der Waals surface area (Å²) in [7, 11) is 0. The fraction of sp³-hybridized carbons (Fsp3) is 0.174. The summed E-state index contributed by atoms with van der Waals surface area (Å²) in [4.78, 5) is 11.4. The average Bonchev–Trinajstić information content (AvgIpc) is 3.51. The Hall–Kier alpha value is -3.45. The van der Waals surface area contributed by atoms with Crippen LogP contribution in [0.4, 0.5) is 0 Å². The van der Waals surface area contributed by atoms with Crippen LogP contribution < -0.4 is 5.32 Å². The van der Waals surface area contributed by atoms with E-state index < -0.39 is 0 Å². The molecule has 1 saturated heterocycles. The van der Waals surface area contributed by atoms with Crippen LogP contribution in [0.3, 0.4) is 0 Å². The van der Waals surface area contributed by atoms with Crippen molar-refractivity contribution >= 4 is 17.3 Å². The van der Waals surface area contributed by atoms with E-state index in [1.54, 1.807) is 6.26 Å². The van der Waals surface area contributed by atoms with Crippen LogP contribution in [0.25, 0.3) is 5.82 Å². The molecule has 30 heavy (non-hydrogen) atoms. The SMILES string of the molecule is Cc1ccc(-n2cccc2[C@@H]2[C@@H](c3ccccn3)NC(=S)N2Cc2ccco2)nc1. The second kappa shape index (κ2) is 7.76. The van der Waals surface area contributed by atoms with E-state index in [9.17, 15) is 0 Å². The molecule has 0 aliphatic carbocycles. The van der Waals surface area contributed by atoms with Gasteiger partial charge in [-0.2, -0.15) is 0 Å². The summed E-state index contributed by atoms with van der Waals surface area (Å²) in [6, 6.07) is 17.9. The van der Waals surface area contributed by atoms with Gasteiger partial charge in [0, 0.05) is 24.3 Å². The fourth-order valence-electron chi connectivity index (χ4n) is 3.91. The number of aromatic nitrogens is 3. The van der Waals surface area contributed by atoms with Gasteiger partial charge in [0.15, 0.2) is 5.11 Å². The van der Waals surface area contributed by atoms with E-state index in [0.717, 1.165) is 28.5 Å². The summed E-state index contributed by atoms with van der Waals surface area (Å²) in [6.45, 7) is 2.61. The normalized spacial score (nSPS) is 18.6. The highest BCUT2D eigenvalue weighted by molar-refractivity contribution is 7.80. The smallest absolute Gasteiger partial charge is 0.170 e. The molecular weight excluding hydrogens is 394 g/mol. The third kappa shape index (κ3) is 3.37. The van der Waals surface area contributed by atoms with Gasteiger partial charge in [-0.25, -0.2) is 4.98 Å². The van der Waals surface area contributed by atoms with Gasteiger partial charge in [0.25, 0.3) is 0 Å². The topological polar surface area (TPSA) is 59.1 Å². The molecule has 5 rings (SSSR count). The number of nitrogens with zero attached hydrogens (tertiary/aromatic N) is 4. The van der Waals surface area contributed by atoms with Gasteiger partial charge in [-0.1, -0.05) is 12.1 Å². The van der Waals surface area contributed by atoms with E-state index in [0.29, 0.717) is 11.7 Å². The summed E-state index contributed by atoms with van der Waals surface area (Å²) >= 11 is 5.74. The Morgan fingerprint density at radius 3 is 2.73 bits per heavy atom. The highest BCUT2D eigenvalue weighted by atomic mass is 32.1. The maximum absolute atomic E-state index is 5.74. The molecule has 6 nitrogen and oxygen atoms in total. The summed E-state index contributed by atoms with van der Waals surface area (Å²) in [5.41, 5.74) is 3.15. The summed E-state index contributed by atoms with van der Waals surface area (Å²) in [5.74, 6) is 1.73. The number of thiocarbonyl (C=S) groups is 1. The van der Waals surface area contributed by atoms with Gasteiger partial charge in [-0.3, -0.25) is 4.98 Å². The van der Waals surface area contributed by atoms with Crippen molar-refractivity contribution in [1.82, 2.24) is 24.8 Å². The molecule has 0 aromatic carbocycles. The number of aryl methyl sites for hydroxylation is 1. The molecule has 150 valence electrons. The first-order valence-electron chi connectivity index (χ1n) is 9.81. The number of hydrogen-bond acceptors (Lipinski definition) is 4. The second-order valence-corrected chi connectivity index (χ2v) is 7.72. The van der Waals surface area contributed by atoms with E-state index >= 15 is 0 Å². The van der Waals surface area contributed by atoms with E-state index in [-0.39, 0.29) is 12.1 Å². The molecule has 0 amide bonds. The van der Waals surface area contributed by atoms with E-state index in [1.807, 2.05) is 68.0 Å². The lowest BCUT2D eigenvalue weighted by Gasteiger charge is -2.28. The molecule has 1 aliphatic rings. The number of furan rings is 1. The molecule has 0 radical (unpaired) electrons. The maximum Gasteiger partial charge on any atom is 0.170 e. The molecule has 5 heterocycles. The third-order valence-electron chi connectivity index (χ3n) is 5.33. The van der Waals surface area contributed by atoms with Crippen LogP contribution in [-0.2, 0) is 6.54 Å². The zero-order valence-electron chi connectivity index (χ0n) is 16.5. The lowest BCUT2D eigenvalue weighted by molar-refractivity contribution is 0.280. The van der Waals surface area contributed by atoms with Crippen molar-refractivity contribution in [3.8, 4) is 5.82 Å². The minimum absolute atomic E-state index is 0.0735. The largest absolute Gasteiger partial charge is 0.467 e. The molecule has 1 aliphatic heterocycles. The zero-order valence-corrected chi connectivity index (χ0v) is 17.3. The second-order valence-electron chi connectivity index (χ2n) is 7.33. The van der Waals surface area contributed by atoms with Gasteiger partial charge in [0.2, 0.25) is 0 Å². The Bertz CT molecular complexity index is 1140. The van der Waals surface area contributed by atoms with Crippen LogP contribution >= 0.6 is 12.2 Å². The molecule has 4 aromatic heterocycles. The van der Waals surface area contributed by atoms with Gasteiger partial charge in [0.05, 0.1) is 30.6 Å². The van der Waals surface area contributed by atoms with Crippen molar-refractivity contribution in [2.75, 3.05) is 0 Å². The summed E-state index contributed by atoms with van der Waals surface area (Å²) < 4.78 is 7.73. The van der Waals surface area contributed by atoms with Gasteiger partial charge < -0.3 is 19.2 Å². The Morgan fingerprint density at radius 2 is 2.00 bits per heavy atom. The molecule has 0 unspecified atom stereocenters. The molecule has 1 fully saturated rings. The first kappa shape index (κ1) is 18.6. The zero-order chi connectivity index (χ0) is 20.5. The molecule has 0 bridgehead atoms. The molecule has 1 N–H and O–H groups in total. The quantitative estimate of drug-likeness (QED) is 0.489. The number of hydrogen-bond donors (Lipinski definition) is 1. The van der Waals surface area contributed by atoms with E-state index in [1.165, 1.54) is 0 Å². The van der Waals surface area contributed by atoms with Crippen molar-refractivity contribution in [1.29, 1.82) is 0 Å². The van der Waals surface area contributed by atoms with Crippen LogP contribution in [0, 0.1) is 6.92 Å². The van der Waals surface area contributed by atoms with Gasteiger partial charge >= 0.3 is 0 Å². The molecule has 7 heteroatoms. The van der Waals surface area contributed by atoms with Crippen molar-refractivity contribution in [2.24, 2.45) is 0 Å². The highest BCUT2D eigenvalue weighted by Crippen LogP contribution is 2.40. The first-order chi connectivity index (χ1) is 14.7. The van der Waals surface area contributed by atoms with Crippen molar-refractivity contribution in [3.05, 3.63) is 102 Å². The van der Waals surface area contributed by atoms with Crippen LogP contribution in [0.5, 0.6) is 0 Å². The molecule has 2 atom stereocenters. The lowest BCUT2D eigenvalue weighted by atomic mass is 10.0. The first-order valence-corrected chi connectivity index (χ1v) is 10.2. The number of rotatable bonds is 5. The Kier molecular flexibility index (Phi) is 4.80. The standard InChI is InChI=1S/C23H21N5OS/c1-16-9-10-20(25-14-16)27-12-4-8-19(27)22-21(18-7-2-3-11-24-18)26-23(30)28(22)15-17-6-5-13-29-17/h2-14,21-22H,15H2,1H3,(H,26,30)/t21-,22-/m1/s1. The predicted octanol–water partition coefficient (Wildman–Crippen LogP) is 4.34. The monoisotopic (exact) mass is 415 g/mol. The van der Waals surface area contributed by atoms with Crippen LogP contribution in [0.2, 0.25) is 0 Å². The van der Waals surface area contributed by atoms with E-state index in [4.69, 9.17) is 16.6 Å². The maximum atomic E-state index is 5.74. The number of pyridine rings is 2. The highest BCUT2D eigenvalue weighted by Gasteiger charge is 2.41. The Labute approximate surface area is 180 Å². The average molecular weight is 416 g/mol.